The SMILES string of the molecule is CC(N)C1CCCN(C(=O)C2CC(=O)N(C3CCCC3)C2)C1. The number of carbonyl (C=O) groups excluding carboxylic acids is 2. The molecule has 1 saturated carbocycles. The number of carbonyl (C=O) groups is 2. The van der Waals surface area contributed by atoms with Gasteiger partial charge < -0.3 is 15.5 Å². The Labute approximate surface area is 133 Å². The fourth-order valence-electron chi connectivity index (χ4n) is 4.36. The first-order valence-corrected chi connectivity index (χ1v) is 8.90. The van der Waals surface area contributed by atoms with Crippen molar-refractivity contribution in [3.63, 3.8) is 0 Å². The molecule has 3 atom stereocenters. The topological polar surface area (TPSA) is 66.6 Å². The van der Waals surface area contributed by atoms with Gasteiger partial charge in [-0.1, -0.05) is 12.8 Å². The maximum atomic E-state index is 12.8. The summed E-state index contributed by atoms with van der Waals surface area (Å²) in [4.78, 5) is 29.0. The van der Waals surface area contributed by atoms with Crippen LogP contribution in [0.2, 0.25) is 0 Å². The smallest absolute Gasteiger partial charge is 0.228 e. The van der Waals surface area contributed by atoms with E-state index in [4.69, 9.17) is 5.73 Å². The highest BCUT2D eigenvalue weighted by Gasteiger charge is 2.40. The lowest BCUT2D eigenvalue weighted by molar-refractivity contribution is -0.137. The molecule has 0 aromatic carbocycles. The lowest BCUT2D eigenvalue weighted by Crippen LogP contribution is -2.47. The van der Waals surface area contributed by atoms with Crippen molar-refractivity contribution in [2.24, 2.45) is 17.6 Å². The second-order valence-corrected chi connectivity index (χ2v) is 7.43. The van der Waals surface area contributed by atoms with E-state index in [9.17, 15) is 9.59 Å². The third-order valence-electron chi connectivity index (χ3n) is 5.79. The Morgan fingerprint density at radius 3 is 2.59 bits per heavy atom. The summed E-state index contributed by atoms with van der Waals surface area (Å²) in [6.45, 7) is 4.27. The summed E-state index contributed by atoms with van der Waals surface area (Å²) in [5.41, 5.74) is 6.01. The van der Waals surface area contributed by atoms with Gasteiger partial charge in [0.2, 0.25) is 11.8 Å². The maximum absolute atomic E-state index is 12.8. The van der Waals surface area contributed by atoms with E-state index < -0.39 is 0 Å². The second kappa shape index (κ2) is 6.57. The molecule has 2 saturated heterocycles. The Morgan fingerprint density at radius 2 is 1.91 bits per heavy atom. The van der Waals surface area contributed by atoms with Gasteiger partial charge in [-0.3, -0.25) is 9.59 Å². The van der Waals surface area contributed by atoms with Crippen LogP contribution in [0, 0.1) is 11.8 Å². The molecule has 0 aromatic rings. The lowest BCUT2D eigenvalue weighted by atomic mass is 9.91. The van der Waals surface area contributed by atoms with Crippen molar-refractivity contribution in [3.8, 4) is 0 Å². The average molecular weight is 307 g/mol. The van der Waals surface area contributed by atoms with Crippen molar-refractivity contribution in [1.29, 1.82) is 0 Å². The minimum atomic E-state index is -0.125. The molecule has 1 aliphatic carbocycles. The van der Waals surface area contributed by atoms with Gasteiger partial charge in [0, 0.05) is 38.1 Å². The standard InChI is InChI=1S/C17H29N3O2/c1-12(18)13-5-4-8-19(10-13)17(22)14-9-16(21)20(11-14)15-6-2-3-7-15/h12-15H,2-11,18H2,1H3. The molecule has 0 spiro atoms. The molecule has 2 aliphatic heterocycles. The molecule has 0 aromatic heterocycles. The van der Waals surface area contributed by atoms with Crippen molar-refractivity contribution < 1.29 is 9.59 Å². The van der Waals surface area contributed by atoms with Crippen molar-refractivity contribution in [1.82, 2.24) is 9.80 Å². The zero-order chi connectivity index (χ0) is 15.7. The van der Waals surface area contributed by atoms with E-state index in [0.717, 1.165) is 38.8 Å². The molecule has 3 aliphatic rings. The van der Waals surface area contributed by atoms with Gasteiger partial charge >= 0.3 is 0 Å². The third-order valence-corrected chi connectivity index (χ3v) is 5.79. The van der Waals surface area contributed by atoms with E-state index in [0.29, 0.717) is 24.9 Å². The van der Waals surface area contributed by atoms with Crippen molar-refractivity contribution in [3.05, 3.63) is 0 Å². The van der Waals surface area contributed by atoms with Crippen molar-refractivity contribution >= 4 is 11.8 Å². The molecule has 3 rings (SSSR count). The Kier molecular flexibility index (Phi) is 4.71. The van der Waals surface area contributed by atoms with Crippen LogP contribution in [0.1, 0.15) is 51.9 Å². The first kappa shape index (κ1) is 15.8. The Hall–Kier alpha value is -1.10. The summed E-state index contributed by atoms with van der Waals surface area (Å²) in [6.07, 6.45) is 7.22. The molecule has 2 N–H and O–H groups in total. The number of nitrogens with two attached hydrogens (primary N) is 1. The van der Waals surface area contributed by atoms with Crippen LogP contribution in [0.15, 0.2) is 0 Å². The summed E-state index contributed by atoms with van der Waals surface area (Å²) < 4.78 is 0. The number of hydrogen-bond acceptors (Lipinski definition) is 3. The molecule has 0 radical (unpaired) electrons. The molecule has 2 heterocycles. The van der Waals surface area contributed by atoms with Gasteiger partial charge in [0.1, 0.15) is 0 Å². The minimum absolute atomic E-state index is 0.125. The minimum Gasteiger partial charge on any atom is -0.342 e. The average Bonchev–Trinajstić information content (AvgIpc) is 3.15. The van der Waals surface area contributed by atoms with Crippen LogP contribution in [0.25, 0.3) is 0 Å². The fourth-order valence-corrected chi connectivity index (χ4v) is 4.36. The maximum Gasteiger partial charge on any atom is 0.228 e. The number of piperidine rings is 1. The number of nitrogens with zero attached hydrogens (tertiary/aromatic N) is 2. The summed E-state index contributed by atoms with van der Waals surface area (Å²) in [7, 11) is 0. The highest BCUT2D eigenvalue weighted by molar-refractivity contribution is 5.89. The van der Waals surface area contributed by atoms with Crippen molar-refractivity contribution in [2.75, 3.05) is 19.6 Å². The fraction of sp³-hybridized carbons (Fsp3) is 0.882. The van der Waals surface area contributed by atoms with Gasteiger partial charge in [0.15, 0.2) is 0 Å². The lowest BCUT2D eigenvalue weighted by Gasteiger charge is -2.36. The summed E-state index contributed by atoms with van der Waals surface area (Å²) in [6, 6.07) is 0.527. The molecule has 0 bridgehead atoms. The molecule has 3 unspecified atom stereocenters. The van der Waals surface area contributed by atoms with E-state index in [1.165, 1.54) is 12.8 Å². The molecule has 124 valence electrons. The van der Waals surface area contributed by atoms with Gasteiger partial charge in [-0.15, -0.1) is 0 Å². The molecular formula is C17H29N3O2. The first-order valence-electron chi connectivity index (χ1n) is 8.90. The largest absolute Gasteiger partial charge is 0.342 e. The van der Waals surface area contributed by atoms with Gasteiger partial charge in [-0.2, -0.15) is 0 Å². The molecular weight excluding hydrogens is 278 g/mol. The Morgan fingerprint density at radius 1 is 1.18 bits per heavy atom. The van der Waals surface area contributed by atoms with Crippen LogP contribution in [0.3, 0.4) is 0 Å². The molecule has 2 amide bonds. The predicted octanol–water partition coefficient (Wildman–Crippen LogP) is 1.36. The number of hydrogen-bond donors (Lipinski definition) is 1. The number of rotatable bonds is 3. The Balaban J connectivity index is 1.59. The molecule has 22 heavy (non-hydrogen) atoms. The van der Waals surface area contributed by atoms with Gasteiger partial charge in [0.25, 0.3) is 0 Å². The van der Waals surface area contributed by atoms with Crippen LogP contribution in [-0.4, -0.2) is 53.3 Å². The molecule has 3 fully saturated rings. The van der Waals surface area contributed by atoms with Crippen LogP contribution in [-0.2, 0) is 9.59 Å². The third kappa shape index (κ3) is 3.14. The zero-order valence-electron chi connectivity index (χ0n) is 13.7. The highest BCUT2D eigenvalue weighted by Crippen LogP contribution is 2.31. The molecule has 5 heteroatoms. The highest BCUT2D eigenvalue weighted by atomic mass is 16.2. The van der Waals surface area contributed by atoms with Crippen LogP contribution < -0.4 is 5.73 Å². The second-order valence-electron chi connectivity index (χ2n) is 7.43. The quantitative estimate of drug-likeness (QED) is 0.856. The van der Waals surface area contributed by atoms with E-state index in [1.807, 2.05) is 16.7 Å². The van der Waals surface area contributed by atoms with Crippen LogP contribution in [0.5, 0.6) is 0 Å². The van der Waals surface area contributed by atoms with Crippen LogP contribution >= 0.6 is 0 Å². The van der Waals surface area contributed by atoms with Crippen LogP contribution in [0.4, 0.5) is 0 Å². The summed E-state index contributed by atoms with van der Waals surface area (Å²) >= 11 is 0. The van der Waals surface area contributed by atoms with E-state index in [-0.39, 0.29) is 23.8 Å². The Bertz CT molecular complexity index is 432. The van der Waals surface area contributed by atoms with Gasteiger partial charge in [-0.25, -0.2) is 0 Å². The normalized spacial score (nSPS) is 31.8. The predicted molar refractivity (Wildman–Crippen MR) is 85.0 cm³/mol. The van der Waals surface area contributed by atoms with E-state index in [2.05, 4.69) is 0 Å². The van der Waals surface area contributed by atoms with Gasteiger partial charge in [-0.05, 0) is 38.5 Å². The first-order chi connectivity index (χ1) is 10.6. The van der Waals surface area contributed by atoms with E-state index >= 15 is 0 Å². The number of amides is 2. The zero-order valence-corrected chi connectivity index (χ0v) is 13.7. The van der Waals surface area contributed by atoms with Gasteiger partial charge in [0.05, 0.1) is 5.92 Å². The monoisotopic (exact) mass is 307 g/mol. The molecule has 5 nitrogen and oxygen atoms in total. The van der Waals surface area contributed by atoms with E-state index in [1.54, 1.807) is 0 Å². The summed E-state index contributed by atoms with van der Waals surface area (Å²) in [5, 5.41) is 0. The summed E-state index contributed by atoms with van der Waals surface area (Å²) in [5.74, 6) is 0.644. The van der Waals surface area contributed by atoms with Crippen molar-refractivity contribution in [2.45, 2.75) is 64.0 Å². The number of likely N-dealkylation sites (tertiary alicyclic amines) is 2.